The van der Waals surface area contributed by atoms with Crippen LogP contribution in [0, 0.1) is 0 Å². The zero-order valence-electron chi connectivity index (χ0n) is 19.2. The molecule has 0 bridgehead atoms. The SMILES string of the molecule is O=C(NC1C(O)C(O)C(O)C2NC(=O)c3c(cc4c(c3O)OCO4)C12)c1cccc(CNC2CC2)c1. The Labute approximate surface area is 206 Å². The molecule has 4 aliphatic rings. The Balaban J connectivity index is 1.34. The van der Waals surface area contributed by atoms with Crippen LogP contribution in [0.1, 0.15) is 50.6 Å². The molecule has 2 aromatic carbocycles. The second-order valence-corrected chi connectivity index (χ2v) is 9.77. The Morgan fingerprint density at radius 3 is 2.67 bits per heavy atom. The number of aliphatic hydroxyl groups excluding tert-OH is 3. The van der Waals surface area contributed by atoms with Gasteiger partial charge in [0.25, 0.3) is 11.8 Å². The summed E-state index contributed by atoms with van der Waals surface area (Å²) in [6.45, 7) is 0.483. The van der Waals surface area contributed by atoms with E-state index in [4.69, 9.17) is 9.47 Å². The lowest BCUT2D eigenvalue weighted by atomic mass is 9.68. The lowest BCUT2D eigenvalue weighted by Gasteiger charge is -2.49. The van der Waals surface area contributed by atoms with Gasteiger partial charge in [0.15, 0.2) is 11.5 Å². The van der Waals surface area contributed by atoms with Crippen LogP contribution in [0.15, 0.2) is 30.3 Å². The Bertz CT molecular complexity index is 1230. The second kappa shape index (κ2) is 8.63. The molecule has 2 aliphatic carbocycles. The van der Waals surface area contributed by atoms with Crippen LogP contribution in [0.3, 0.4) is 0 Å². The van der Waals surface area contributed by atoms with Crippen molar-refractivity contribution in [1.82, 2.24) is 16.0 Å². The Morgan fingerprint density at radius 1 is 1.08 bits per heavy atom. The molecule has 2 aromatic rings. The fourth-order valence-electron chi connectivity index (χ4n) is 5.39. The summed E-state index contributed by atoms with van der Waals surface area (Å²) in [6.07, 6.45) is -2.41. The number of hydrogen-bond donors (Lipinski definition) is 7. The third-order valence-corrected chi connectivity index (χ3v) is 7.42. The van der Waals surface area contributed by atoms with Gasteiger partial charge in [-0.25, -0.2) is 0 Å². The summed E-state index contributed by atoms with van der Waals surface area (Å²) in [5, 5.41) is 51.7. The van der Waals surface area contributed by atoms with Gasteiger partial charge in [-0.05, 0) is 42.2 Å². The zero-order valence-corrected chi connectivity index (χ0v) is 19.2. The van der Waals surface area contributed by atoms with E-state index in [2.05, 4.69) is 16.0 Å². The maximum atomic E-state index is 13.3. The molecule has 2 fully saturated rings. The number of carbonyl (C=O) groups excluding carboxylic acids is 2. The summed E-state index contributed by atoms with van der Waals surface area (Å²) in [5.74, 6) is -2.24. The molecule has 6 unspecified atom stereocenters. The Hall–Kier alpha value is -3.38. The van der Waals surface area contributed by atoms with Crippen LogP contribution >= 0.6 is 0 Å². The van der Waals surface area contributed by atoms with Gasteiger partial charge in [0.05, 0.1) is 17.6 Å². The largest absolute Gasteiger partial charge is 0.504 e. The Kier molecular flexibility index (Phi) is 5.52. The molecule has 0 spiro atoms. The van der Waals surface area contributed by atoms with Gasteiger partial charge in [-0.3, -0.25) is 9.59 Å². The van der Waals surface area contributed by atoms with Crippen molar-refractivity contribution in [2.24, 2.45) is 0 Å². The fraction of sp³-hybridized carbons (Fsp3) is 0.440. The van der Waals surface area contributed by atoms with Gasteiger partial charge in [-0.15, -0.1) is 0 Å². The first-order valence-electron chi connectivity index (χ1n) is 12.0. The second-order valence-electron chi connectivity index (χ2n) is 9.77. The molecule has 190 valence electrons. The van der Waals surface area contributed by atoms with Gasteiger partial charge in [-0.2, -0.15) is 0 Å². The van der Waals surface area contributed by atoms with Crippen molar-refractivity contribution in [3.05, 3.63) is 52.6 Å². The minimum atomic E-state index is -1.63. The maximum Gasteiger partial charge on any atom is 0.255 e. The number of amides is 2. The minimum Gasteiger partial charge on any atom is -0.504 e. The molecule has 11 nitrogen and oxygen atoms in total. The summed E-state index contributed by atoms with van der Waals surface area (Å²) in [7, 11) is 0. The molecule has 36 heavy (non-hydrogen) atoms. The molecule has 2 saturated carbocycles. The monoisotopic (exact) mass is 497 g/mol. The molecular formula is C25H27N3O8. The summed E-state index contributed by atoms with van der Waals surface area (Å²) in [4.78, 5) is 26.2. The number of phenols is 1. The molecule has 0 saturated heterocycles. The van der Waals surface area contributed by atoms with E-state index < -0.39 is 53.9 Å². The average molecular weight is 498 g/mol. The van der Waals surface area contributed by atoms with Crippen LogP contribution in [0.25, 0.3) is 0 Å². The van der Waals surface area contributed by atoms with Gasteiger partial charge < -0.3 is 45.9 Å². The van der Waals surface area contributed by atoms with Crippen LogP contribution in [-0.2, 0) is 6.54 Å². The van der Waals surface area contributed by atoms with E-state index in [1.54, 1.807) is 18.2 Å². The molecule has 6 atom stereocenters. The molecule has 7 N–H and O–H groups in total. The van der Waals surface area contributed by atoms with E-state index in [1.165, 1.54) is 6.07 Å². The highest BCUT2D eigenvalue weighted by atomic mass is 16.7. The van der Waals surface area contributed by atoms with Gasteiger partial charge in [0.2, 0.25) is 12.5 Å². The third-order valence-electron chi connectivity index (χ3n) is 7.42. The molecule has 0 radical (unpaired) electrons. The number of hydrogen-bond acceptors (Lipinski definition) is 9. The lowest BCUT2D eigenvalue weighted by molar-refractivity contribution is -0.117. The zero-order chi connectivity index (χ0) is 25.1. The summed E-state index contributed by atoms with van der Waals surface area (Å²) in [5.41, 5.74) is 1.47. The van der Waals surface area contributed by atoms with Crippen LogP contribution in [0.5, 0.6) is 17.2 Å². The first-order chi connectivity index (χ1) is 17.3. The van der Waals surface area contributed by atoms with E-state index in [1.807, 2.05) is 6.07 Å². The standard InChI is InChI=1S/C25H27N3O8/c29-19-16-13(7-14-23(19)36-9-35-14)15-17(20(30)22(32)21(31)18(15)28-25(16)34)27-24(33)11-3-1-2-10(6-11)8-26-12-4-5-12/h1-3,6-7,12,15,17-18,20-22,26,29-32H,4-5,8-9H2,(H,27,33)(H,28,34). The summed E-state index contributed by atoms with van der Waals surface area (Å²) in [6, 6.07) is 6.96. The van der Waals surface area contributed by atoms with E-state index in [-0.39, 0.29) is 29.4 Å². The van der Waals surface area contributed by atoms with Crippen molar-refractivity contribution in [2.45, 2.75) is 61.7 Å². The summed E-state index contributed by atoms with van der Waals surface area (Å²) >= 11 is 0. The molecule has 2 heterocycles. The molecule has 2 aliphatic heterocycles. The smallest absolute Gasteiger partial charge is 0.255 e. The van der Waals surface area contributed by atoms with Crippen molar-refractivity contribution in [2.75, 3.05) is 6.79 Å². The van der Waals surface area contributed by atoms with Crippen molar-refractivity contribution < 1.29 is 39.5 Å². The van der Waals surface area contributed by atoms with Crippen molar-refractivity contribution >= 4 is 11.8 Å². The van der Waals surface area contributed by atoms with E-state index in [0.717, 1.165) is 18.4 Å². The van der Waals surface area contributed by atoms with Crippen molar-refractivity contribution in [3.8, 4) is 17.2 Å². The van der Waals surface area contributed by atoms with E-state index in [9.17, 15) is 30.0 Å². The normalized spacial score (nSPS) is 30.2. The van der Waals surface area contributed by atoms with Gasteiger partial charge in [0.1, 0.15) is 18.3 Å². The van der Waals surface area contributed by atoms with Crippen molar-refractivity contribution in [1.29, 1.82) is 0 Å². The molecule has 0 aromatic heterocycles. The average Bonchev–Trinajstić information content (AvgIpc) is 3.58. The highest BCUT2D eigenvalue weighted by molar-refractivity contribution is 6.02. The fourth-order valence-corrected chi connectivity index (χ4v) is 5.39. The number of fused-ring (bicyclic) bond motifs is 4. The topological polar surface area (TPSA) is 170 Å². The molecule has 6 rings (SSSR count). The number of nitrogens with one attached hydrogen (secondary N) is 3. The number of aliphatic hydroxyl groups is 3. The number of phenolic OH excluding ortho intramolecular Hbond substituents is 1. The number of carbonyl (C=O) groups is 2. The lowest BCUT2D eigenvalue weighted by Crippen LogP contribution is -2.69. The van der Waals surface area contributed by atoms with Crippen LogP contribution in [0.4, 0.5) is 0 Å². The Morgan fingerprint density at radius 2 is 1.89 bits per heavy atom. The van der Waals surface area contributed by atoms with Gasteiger partial charge in [0, 0.05) is 24.1 Å². The number of benzene rings is 2. The van der Waals surface area contributed by atoms with Gasteiger partial charge >= 0.3 is 0 Å². The molecule has 2 amide bonds. The molecular weight excluding hydrogens is 470 g/mol. The van der Waals surface area contributed by atoms with E-state index >= 15 is 0 Å². The minimum absolute atomic E-state index is 0.0245. The van der Waals surface area contributed by atoms with Crippen LogP contribution in [0.2, 0.25) is 0 Å². The van der Waals surface area contributed by atoms with Crippen LogP contribution < -0.4 is 25.4 Å². The highest BCUT2D eigenvalue weighted by Gasteiger charge is 2.54. The number of rotatable bonds is 5. The third kappa shape index (κ3) is 3.75. The molecule has 11 heteroatoms. The first kappa shape index (κ1) is 23.0. The van der Waals surface area contributed by atoms with Gasteiger partial charge in [-0.1, -0.05) is 12.1 Å². The highest BCUT2D eigenvalue weighted by Crippen LogP contribution is 2.50. The quantitative estimate of drug-likeness (QED) is 0.287. The predicted octanol–water partition coefficient (Wildman–Crippen LogP) is -0.537. The predicted molar refractivity (Wildman–Crippen MR) is 124 cm³/mol. The number of aromatic hydroxyl groups is 1. The first-order valence-corrected chi connectivity index (χ1v) is 12.0. The number of ether oxygens (including phenoxy) is 2. The summed E-state index contributed by atoms with van der Waals surface area (Å²) < 4.78 is 10.7. The van der Waals surface area contributed by atoms with E-state index in [0.29, 0.717) is 18.2 Å². The maximum absolute atomic E-state index is 13.3. The van der Waals surface area contributed by atoms with Crippen LogP contribution in [-0.4, -0.2) is 75.5 Å². The van der Waals surface area contributed by atoms with Crippen molar-refractivity contribution in [3.63, 3.8) is 0 Å².